The smallest absolute Gasteiger partial charge is 0.331 e. The first kappa shape index (κ1) is 12.2. The standard InChI is InChI=1S/C11H14O6/c1-6(12)2-3-9(14)17-8-5-16-10-7(13)4-15-11(8)10/h2-3,7-8,10-11,13H,4-5H2,1H3/b3-2+/t7-,8-,10-,11-/m1/s1. The van der Waals surface area contributed by atoms with Crippen molar-refractivity contribution in [2.24, 2.45) is 0 Å². The first-order chi connectivity index (χ1) is 8.08. The second kappa shape index (κ2) is 4.95. The van der Waals surface area contributed by atoms with Crippen LogP contribution in [0.2, 0.25) is 0 Å². The molecule has 2 aliphatic rings. The van der Waals surface area contributed by atoms with Crippen LogP contribution >= 0.6 is 0 Å². The number of hydrogen-bond acceptors (Lipinski definition) is 6. The maximum atomic E-state index is 11.3. The second-order valence-electron chi connectivity index (χ2n) is 4.08. The van der Waals surface area contributed by atoms with Crippen LogP contribution in [0.1, 0.15) is 6.92 Å². The number of fused-ring (bicyclic) bond motifs is 1. The molecule has 1 N–H and O–H groups in total. The van der Waals surface area contributed by atoms with Crippen molar-refractivity contribution in [1.82, 2.24) is 0 Å². The summed E-state index contributed by atoms with van der Waals surface area (Å²) in [5, 5.41) is 9.48. The predicted octanol–water partition coefficient (Wildman–Crippen LogP) is -0.798. The molecule has 6 heteroatoms. The maximum Gasteiger partial charge on any atom is 0.331 e. The van der Waals surface area contributed by atoms with Crippen LogP contribution in [-0.4, -0.2) is 54.5 Å². The van der Waals surface area contributed by atoms with Crippen molar-refractivity contribution in [1.29, 1.82) is 0 Å². The van der Waals surface area contributed by atoms with Crippen molar-refractivity contribution in [3.8, 4) is 0 Å². The van der Waals surface area contributed by atoms with Gasteiger partial charge in [0.15, 0.2) is 11.9 Å². The molecule has 94 valence electrons. The highest BCUT2D eigenvalue weighted by atomic mass is 16.6. The van der Waals surface area contributed by atoms with Gasteiger partial charge in [0, 0.05) is 6.08 Å². The van der Waals surface area contributed by atoms with Gasteiger partial charge >= 0.3 is 5.97 Å². The van der Waals surface area contributed by atoms with E-state index < -0.39 is 30.4 Å². The molecule has 0 aromatic rings. The summed E-state index contributed by atoms with van der Waals surface area (Å²) in [6.07, 6.45) is 0.170. The van der Waals surface area contributed by atoms with Crippen molar-refractivity contribution < 1.29 is 28.9 Å². The van der Waals surface area contributed by atoms with Crippen LogP contribution in [0, 0.1) is 0 Å². The number of aliphatic hydroxyl groups excluding tert-OH is 1. The number of rotatable bonds is 3. The molecule has 2 aliphatic heterocycles. The number of ketones is 1. The number of carbonyl (C=O) groups is 2. The number of ether oxygens (including phenoxy) is 3. The molecule has 6 nitrogen and oxygen atoms in total. The first-order valence-electron chi connectivity index (χ1n) is 5.38. The van der Waals surface area contributed by atoms with Crippen LogP contribution in [0.4, 0.5) is 0 Å². The zero-order valence-corrected chi connectivity index (χ0v) is 9.37. The minimum atomic E-state index is -0.670. The van der Waals surface area contributed by atoms with Crippen LogP contribution in [-0.2, 0) is 23.8 Å². The molecular formula is C11H14O6. The van der Waals surface area contributed by atoms with E-state index >= 15 is 0 Å². The summed E-state index contributed by atoms with van der Waals surface area (Å²) in [6, 6.07) is 0. The van der Waals surface area contributed by atoms with Crippen molar-refractivity contribution in [2.45, 2.75) is 31.3 Å². The normalized spacial score (nSPS) is 36.1. The van der Waals surface area contributed by atoms with E-state index in [4.69, 9.17) is 14.2 Å². The fraction of sp³-hybridized carbons (Fsp3) is 0.636. The van der Waals surface area contributed by atoms with Crippen LogP contribution in [0.15, 0.2) is 12.2 Å². The van der Waals surface area contributed by atoms with Gasteiger partial charge in [-0.2, -0.15) is 0 Å². The van der Waals surface area contributed by atoms with E-state index in [1.807, 2.05) is 0 Å². The molecule has 0 bridgehead atoms. The minimum absolute atomic E-state index is 0.187. The molecule has 0 amide bonds. The van der Waals surface area contributed by atoms with Gasteiger partial charge in [-0.05, 0) is 13.0 Å². The van der Waals surface area contributed by atoms with Gasteiger partial charge in [0.1, 0.15) is 18.3 Å². The first-order valence-corrected chi connectivity index (χ1v) is 5.38. The van der Waals surface area contributed by atoms with Gasteiger partial charge in [-0.3, -0.25) is 4.79 Å². The Hall–Kier alpha value is -1.24. The zero-order valence-electron chi connectivity index (χ0n) is 9.37. The van der Waals surface area contributed by atoms with Crippen molar-refractivity contribution in [2.75, 3.05) is 13.2 Å². The zero-order chi connectivity index (χ0) is 12.4. The summed E-state index contributed by atoms with van der Waals surface area (Å²) in [5.74, 6) is -0.838. The highest BCUT2D eigenvalue weighted by Gasteiger charge is 2.48. The number of esters is 1. The number of allylic oxidation sites excluding steroid dienone is 1. The van der Waals surface area contributed by atoms with Gasteiger partial charge in [-0.1, -0.05) is 0 Å². The van der Waals surface area contributed by atoms with Gasteiger partial charge < -0.3 is 19.3 Å². The van der Waals surface area contributed by atoms with Gasteiger partial charge in [-0.15, -0.1) is 0 Å². The molecular weight excluding hydrogens is 228 g/mol. The molecule has 0 aliphatic carbocycles. The van der Waals surface area contributed by atoms with Gasteiger partial charge in [-0.25, -0.2) is 4.79 Å². The average molecular weight is 242 g/mol. The van der Waals surface area contributed by atoms with Crippen LogP contribution < -0.4 is 0 Å². The Kier molecular flexibility index (Phi) is 3.56. The van der Waals surface area contributed by atoms with Crippen molar-refractivity contribution in [3.05, 3.63) is 12.2 Å². The lowest BCUT2D eigenvalue weighted by atomic mass is 10.1. The second-order valence-corrected chi connectivity index (χ2v) is 4.08. The molecule has 0 aromatic carbocycles. The Labute approximate surface area is 98.1 Å². The fourth-order valence-corrected chi connectivity index (χ4v) is 1.92. The van der Waals surface area contributed by atoms with E-state index in [1.165, 1.54) is 6.92 Å². The summed E-state index contributed by atoms with van der Waals surface area (Å²) >= 11 is 0. The molecule has 17 heavy (non-hydrogen) atoms. The molecule has 2 heterocycles. The van der Waals surface area contributed by atoms with Gasteiger partial charge in [0.25, 0.3) is 0 Å². The van der Waals surface area contributed by atoms with Crippen molar-refractivity contribution in [3.63, 3.8) is 0 Å². The molecule has 0 spiro atoms. The Balaban J connectivity index is 1.88. The van der Waals surface area contributed by atoms with E-state index in [9.17, 15) is 14.7 Å². The Morgan fingerprint density at radius 3 is 2.65 bits per heavy atom. The van der Waals surface area contributed by atoms with Crippen molar-refractivity contribution >= 4 is 11.8 Å². The van der Waals surface area contributed by atoms with E-state index in [1.54, 1.807) is 0 Å². The predicted molar refractivity (Wildman–Crippen MR) is 55.2 cm³/mol. The molecule has 4 atom stereocenters. The largest absolute Gasteiger partial charge is 0.454 e. The molecule has 0 radical (unpaired) electrons. The lowest BCUT2D eigenvalue weighted by molar-refractivity contribution is -0.147. The topological polar surface area (TPSA) is 82.1 Å². The highest BCUT2D eigenvalue weighted by Crippen LogP contribution is 2.28. The average Bonchev–Trinajstić information content (AvgIpc) is 2.81. The minimum Gasteiger partial charge on any atom is -0.454 e. The number of aliphatic hydroxyl groups is 1. The number of carbonyl (C=O) groups excluding carboxylic acids is 2. The third-order valence-electron chi connectivity index (χ3n) is 2.70. The summed E-state index contributed by atoms with van der Waals surface area (Å²) in [7, 11) is 0. The SMILES string of the molecule is CC(=O)/C=C/C(=O)O[C@@H]1CO[C@H]2[C@@H]1OC[C@H]2O. The monoisotopic (exact) mass is 242 g/mol. The molecule has 2 rings (SSSR count). The summed E-state index contributed by atoms with van der Waals surface area (Å²) in [4.78, 5) is 22.0. The lowest BCUT2D eigenvalue weighted by Crippen LogP contribution is -2.33. The summed E-state index contributed by atoms with van der Waals surface area (Å²) in [6.45, 7) is 1.73. The highest BCUT2D eigenvalue weighted by molar-refractivity contribution is 5.94. The van der Waals surface area contributed by atoms with Gasteiger partial charge in [0.05, 0.1) is 13.2 Å². The summed E-state index contributed by atoms with van der Waals surface area (Å²) < 4.78 is 15.7. The van der Waals surface area contributed by atoms with E-state index in [-0.39, 0.29) is 19.0 Å². The fourth-order valence-electron chi connectivity index (χ4n) is 1.92. The van der Waals surface area contributed by atoms with E-state index in [0.29, 0.717) is 0 Å². The lowest BCUT2D eigenvalue weighted by Gasteiger charge is -2.15. The molecule has 0 aromatic heterocycles. The molecule has 0 saturated carbocycles. The third-order valence-corrected chi connectivity index (χ3v) is 2.70. The van der Waals surface area contributed by atoms with E-state index in [2.05, 4.69) is 0 Å². The van der Waals surface area contributed by atoms with Crippen LogP contribution in [0.3, 0.4) is 0 Å². The van der Waals surface area contributed by atoms with Crippen LogP contribution in [0.5, 0.6) is 0 Å². The van der Waals surface area contributed by atoms with Gasteiger partial charge in [0.2, 0.25) is 0 Å². The van der Waals surface area contributed by atoms with E-state index in [0.717, 1.165) is 12.2 Å². The molecule has 0 unspecified atom stereocenters. The Morgan fingerprint density at radius 2 is 1.94 bits per heavy atom. The molecule has 2 saturated heterocycles. The third kappa shape index (κ3) is 2.71. The summed E-state index contributed by atoms with van der Waals surface area (Å²) in [5.41, 5.74) is 0. The Morgan fingerprint density at radius 1 is 1.24 bits per heavy atom. The number of hydrogen-bond donors (Lipinski definition) is 1. The molecule has 2 fully saturated rings. The Bertz CT molecular complexity index is 350. The maximum absolute atomic E-state index is 11.3. The quantitative estimate of drug-likeness (QED) is 0.515. The van der Waals surface area contributed by atoms with Crippen LogP contribution in [0.25, 0.3) is 0 Å².